The SMILES string of the molecule is O=C(NC1CCCN(c2ccccc2)C1=O)C1CNC1. The number of carbonyl (C=O) groups excluding carboxylic acids is 2. The van der Waals surface area contributed by atoms with E-state index in [1.165, 1.54) is 0 Å². The third-order valence-electron chi connectivity index (χ3n) is 3.98. The molecule has 2 saturated heterocycles. The number of nitrogens with one attached hydrogen (secondary N) is 2. The average Bonchev–Trinajstić information content (AvgIpc) is 2.40. The van der Waals surface area contributed by atoms with Gasteiger partial charge in [0.05, 0.1) is 5.92 Å². The van der Waals surface area contributed by atoms with Gasteiger partial charge >= 0.3 is 0 Å². The molecule has 0 aromatic heterocycles. The van der Waals surface area contributed by atoms with Gasteiger partial charge in [0.15, 0.2) is 0 Å². The molecule has 1 aromatic carbocycles. The molecular weight excluding hydrogens is 254 g/mol. The van der Waals surface area contributed by atoms with Gasteiger partial charge in [-0.1, -0.05) is 18.2 Å². The lowest BCUT2D eigenvalue weighted by molar-refractivity contribution is -0.131. The fourth-order valence-electron chi connectivity index (χ4n) is 2.64. The molecule has 5 heteroatoms. The van der Waals surface area contributed by atoms with Crippen LogP contribution in [0.25, 0.3) is 0 Å². The Labute approximate surface area is 118 Å². The maximum Gasteiger partial charge on any atom is 0.249 e. The van der Waals surface area contributed by atoms with Crippen LogP contribution in [0.15, 0.2) is 30.3 Å². The summed E-state index contributed by atoms with van der Waals surface area (Å²) < 4.78 is 0. The van der Waals surface area contributed by atoms with Gasteiger partial charge in [0.25, 0.3) is 0 Å². The number of anilines is 1. The fraction of sp³-hybridized carbons (Fsp3) is 0.467. The highest BCUT2D eigenvalue weighted by Crippen LogP contribution is 2.21. The lowest BCUT2D eigenvalue weighted by atomic mass is 9.99. The third-order valence-corrected chi connectivity index (χ3v) is 3.98. The molecule has 1 atom stereocenters. The van der Waals surface area contributed by atoms with Gasteiger partial charge in [-0.3, -0.25) is 9.59 Å². The minimum atomic E-state index is -0.378. The second-order valence-electron chi connectivity index (χ2n) is 5.38. The van der Waals surface area contributed by atoms with Crippen LogP contribution in [0.5, 0.6) is 0 Å². The van der Waals surface area contributed by atoms with Crippen molar-refractivity contribution in [3.63, 3.8) is 0 Å². The fourth-order valence-corrected chi connectivity index (χ4v) is 2.64. The number of para-hydroxylation sites is 1. The molecule has 0 aliphatic carbocycles. The lowest BCUT2D eigenvalue weighted by Gasteiger charge is -2.34. The minimum absolute atomic E-state index is 0.00277. The summed E-state index contributed by atoms with van der Waals surface area (Å²) in [5, 5.41) is 5.97. The largest absolute Gasteiger partial charge is 0.344 e. The first kappa shape index (κ1) is 13.1. The van der Waals surface area contributed by atoms with Crippen LogP contribution >= 0.6 is 0 Å². The quantitative estimate of drug-likeness (QED) is 0.844. The van der Waals surface area contributed by atoms with Crippen LogP contribution in [0, 0.1) is 5.92 Å². The summed E-state index contributed by atoms with van der Waals surface area (Å²) in [6.45, 7) is 2.16. The van der Waals surface area contributed by atoms with Gasteiger partial charge < -0.3 is 15.5 Å². The van der Waals surface area contributed by atoms with E-state index in [9.17, 15) is 9.59 Å². The summed E-state index contributed by atoms with van der Waals surface area (Å²) >= 11 is 0. The zero-order valence-corrected chi connectivity index (χ0v) is 11.3. The Morgan fingerprint density at radius 2 is 2.00 bits per heavy atom. The summed E-state index contributed by atoms with van der Waals surface area (Å²) in [4.78, 5) is 26.2. The van der Waals surface area contributed by atoms with Crippen molar-refractivity contribution in [3.8, 4) is 0 Å². The van der Waals surface area contributed by atoms with Crippen molar-refractivity contribution in [2.75, 3.05) is 24.5 Å². The molecule has 106 valence electrons. The molecule has 5 nitrogen and oxygen atoms in total. The van der Waals surface area contributed by atoms with Gasteiger partial charge in [0.1, 0.15) is 6.04 Å². The number of piperidine rings is 1. The predicted octanol–water partition coefficient (Wildman–Crippen LogP) is 0.518. The summed E-state index contributed by atoms with van der Waals surface area (Å²) in [6, 6.07) is 9.25. The first-order valence-corrected chi connectivity index (χ1v) is 7.13. The van der Waals surface area contributed by atoms with E-state index in [1.54, 1.807) is 4.90 Å². The smallest absolute Gasteiger partial charge is 0.249 e. The van der Waals surface area contributed by atoms with E-state index < -0.39 is 0 Å². The predicted molar refractivity (Wildman–Crippen MR) is 76.3 cm³/mol. The second kappa shape index (κ2) is 5.63. The zero-order chi connectivity index (χ0) is 13.9. The molecular formula is C15H19N3O2. The molecule has 2 amide bonds. The van der Waals surface area contributed by atoms with E-state index in [-0.39, 0.29) is 23.8 Å². The van der Waals surface area contributed by atoms with Crippen LogP contribution < -0.4 is 15.5 Å². The van der Waals surface area contributed by atoms with Crippen LogP contribution in [-0.4, -0.2) is 37.5 Å². The van der Waals surface area contributed by atoms with E-state index in [0.717, 1.165) is 38.2 Å². The number of nitrogens with zero attached hydrogens (tertiary/aromatic N) is 1. The topological polar surface area (TPSA) is 61.4 Å². The Kier molecular flexibility index (Phi) is 3.69. The number of hydrogen-bond donors (Lipinski definition) is 2. The Bertz CT molecular complexity index is 499. The molecule has 0 bridgehead atoms. The van der Waals surface area contributed by atoms with E-state index in [0.29, 0.717) is 0 Å². The van der Waals surface area contributed by atoms with Crippen molar-refractivity contribution in [1.82, 2.24) is 10.6 Å². The van der Waals surface area contributed by atoms with Gasteiger partial charge in [0.2, 0.25) is 11.8 Å². The monoisotopic (exact) mass is 273 g/mol. The highest BCUT2D eigenvalue weighted by molar-refractivity contribution is 6.00. The van der Waals surface area contributed by atoms with E-state index >= 15 is 0 Å². The zero-order valence-electron chi connectivity index (χ0n) is 11.3. The standard InChI is InChI=1S/C15H19N3O2/c19-14(11-9-16-10-11)17-13-7-4-8-18(15(13)20)12-5-2-1-3-6-12/h1-3,5-6,11,13,16H,4,7-10H2,(H,17,19). The Morgan fingerprint density at radius 1 is 1.25 bits per heavy atom. The summed E-state index contributed by atoms with van der Waals surface area (Å²) in [7, 11) is 0. The van der Waals surface area contributed by atoms with Crippen molar-refractivity contribution in [2.24, 2.45) is 5.92 Å². The van der Waals surface area contributed by atoms with Crippen LogP contribution in [0.4, 0.5) is 5.69 Å². The average molecular weight is 273 g/mol. The lowest BCUT2D eigenvalue weighted by Crippen LogP contribution is -2.57. The Hall–Kier alpha value is -1.88. The molecule has 2 heterocycles. The molecule has 2 aliphatic rings. The maximum atomic E-state index is 12.5. The first-order chi connectivity index (χ1) is 9.75. The number of amides is 2. The summed E-state index contributed by atoms with van der Waals surface area (Å²) in [6.07, 6.45) is 1.64. The molecule has 1 unspecified atom stereocenters. The molecule has 20 heavy (non-hydrogen) atoms. The van der Waals surface area contributed by atoms with Crippen molar-refractivity contribution in [2.45, 2.75) is 18.9 Å². The maximum absolute atomic E-state index is 12.5. The van der Waals surface area contributed by atoms with Gasteiger partial charge in [0, 0.05) is 25.3 Å². The summed E-state index contributed by atoms with van der Waals surface area (Å²) in [5.74, 6) is 0.0231. The second-order valence-corrected chi connectivity index (χ2v) is 5.38. The molecule has 0 radical (unpaired) electrons. The molecule has 2 N–H and O–H groups in total. The molecule has 0 spiro atoms. The van der Waals surface area contributed by atoms with Crippen LogP contribution in [0.1, 0.15) is 12.8 Å². The number of rotatable bonds is 3. The van der Waals surface area contributed by atoms with Crippen LogP contribution in [-0.2, 0) is 9.59 Å². The van der Waals surface area contributed by atoms with Crippen molar-refractivity contribution >= 4 is 17.5 Å². The highest BCUT2D eigenvalue weighted by atomic mass is 16.2. The van der Waals surface area contributed by atoms with E-state index in [2.05, 4.69) is 10.6 Å². The van der Waals surface area contributed by atoms with Crippen molar-refractivity contribution < 1.29 is 9.59 Å². The van der Waals surface area contributed by atoms with E-state index in [1.807, 2.05) is 30.3 Å². The van der Waals surface area contributed by atoms with Gasteiger partial charge in [-0.15, -0.1) is 0 Å². The van der Waals surface area contributed by atoms with Crippen LogP contribution in [0.2, 0.25) is 0 Å². The Morgan fingerprint density at radius 3 is 2.65 bits per heavy atom. The molecule has 2 aliphatic heterocycles. The van der Waals surface area contributed by atoms with Gasteiger partial charge in [-0.2, -0.15) is 0 Å². The molecule has 2 fully saturated rings. The molecule has 1 aromatic rings. The number of carbonyl (C=O) groups is 2. The minimum Gasteiger partial charge on any atom is -0.344 e. The number of hydrogen-bond acceptors (Lipinski definition) is 3. The summed E-state index contributed by atoms with van der Waals surface area (Å²) in [5.41, 5.74) is 0.904. The van der Waals surface area contributed by atoms with Crippen molar-refractivity contribution in [3.05, 3.63) is 30.3 Å². The van der Waals surface area contributed by atoms with Gasteiger partial charge in [-0.25, -0.2) is 0 Å². The molecule has 0 saturated carbocycles. The molecule has 3 rings (SSSR count). The Balaban J connectivity index is 1.67. The first-order valence-electron chi connectivity index (χ1n) is 7.13. The van der Waals surface area contributed by atoms with E-state index in [4.69, 9.17) is 0 Å². The van der Waals surface area contributed by atoms with Gasteiger partial charge in [-0.05, 0) is 25.0 Å². The number of benzene rings is 1. The normalized spacial score (nSPS) is 23.3. The van der Waals surface area contributed by atoms with Crippen LogP contribution in [0.3, 0.4) is 0 Å². The highest BCUT2D eigenvalue weighted by Gasteiger charge is 2.33. The van der Waals surface area contributed by atoms with Crippen molar-refractivity contribution in [1.29, 1.82) is 0 Å². The third kappa shape index (κ3) is 2.54.